The Labute approximate surface area is 110 Å². The van der Waals surface area contributed by atoms with E-state index in [4.69, 9.17) is 0 Å². The number of benzene rings is 1. The fourth-order valence-corrected chi connectivity index (χ4v) is 3.32. The maximum atomic E-state index is 4.44. The van der Waals surface area contributed by atoms with E-state index in [0.29, 0.717) is 0 Å². The van der Waals surface area contributed by atoms with Crippen LogP contribution in [0.1, 0.15) is 32.1 Å². The van der Waals surface area contributed by atoms with Crippen molar-refractivity contribution in [3.8, 4) is 0 Å². The minimum Gasteiger partial charge on any atom is -0.318 e. The Hall–Kier alpha value is -1.42. The molecule has 3 nitrogen and oxygen atoms in total. The van der Waals surface area contributed by atoms with Gasteiger partial charge in [-0.1, -0.05) is 29.9 Å². The summed E-state index contributed by atoms with van der Waals surface area (Å²) in [5, 5.41) is 8.88. The van der Waals surface area contributed by atoms with Crippen LogP contribution >= 0.6 is 11.3 Å². The first-order chi connectivity index (χ1) is 8.84. The maximum absolute atomic E-state index is 4.44. The second-order valence-corrected chi connectivity index (χ2v) is 5.75. The SMILES string of the molecule is Cn1/c(=N/N=C2CCCCC2)sc2ccccc21. The van der Waals surface area contributed by atoms with E-state index >= 15 is 0 Å². The molecule has 0 radical (unpaired) electrons. The third-order valence-electron chi connectivity index (χ3n) is 3.42. The summed E-state index contributed by atoms with van der Waals surface area (Å²) in [7, 11) is 2.05. The minimum atomic E-state index is 0.981. The third-order valence-corrected chi connectivity index (χ3v) is 4.53. The molecule has 0 spiro atoms. The Morgan fingerprint density at radius 1 is 1.06 bits per heavy atom. The molecule has 0 bridgehead atoms. The average Bonchev–Trinajstić information content (AvgIpc) is 2.75. The van der Waals surface area contributed by atoms with Gasteiger partial charge in [-0.25, -0.2) is 0 Å². The van der Waals surface area contributed by atoms with E-state index < -0.39 is 0 Å². The molecule has 4 heteroatoms. The van der Waals surface area contributed by atoms with Gasteiger partial charge in [0.15, 0.2) is 0 Å². The van der Waals surface area contributed by atoms with Crippen LogP contribution in [0.25, 0.3) is 10.2 Å². The Bertz CT molecular complexity index is 640. The molecule has 0 N–H and O–H groups in total. The topological polar surface area (TPSA) is 29.6 Å². The first-order valence-corrected chi connectivity index (χ1v) is 7.30. The first-order valence-electron chi connectivity index (χ1n) is 6.48. The van der Waals surface area contributed by atoms with Crippen molar-refractivity contribution in [1.29, 1.82) is 0 Å². The predicted octanol–water partition coefficient (Wildman–Crippen LogP) is 3.46. The summed E-state index contributed by atoms with van der Waals surface area (Å²) in [4.78, 5) is 0.981. The lowest BCUT2D eigenvalue weighted by atomic mass is 9.99. The summed E-state index contributed by atoms with van der Waals surface area (Å²) in [6.45, 7) is 0. The quantitative estimate of drug-likeness (QED) is 0.702. The molecule has 1 fully saturated rings. The fourth-order valence-electron chi connectivity index (χ4n) is 2.35. The number of hydrogen-bond donors (Lipinski definition) is 0. The van der Waals surface area contributed by atoms with Crippen LogP contribution in [0.5, 0.6) is 0 Å². The zero-order chi connectivity index (χ0) is 12.4. The zero-order valence-electron chi connectivity index (χ0n) is 10.6. The molecule has 0 atom stereocenters. The van der Waals surface area contributed by atoms with Crippen LogP contribution in [0.4, 0.5) is 0 Å². The molecule has 1 aliphatic rings. The Balaban J connectivity index is 2.00. The minimum absolute atomic E-state index is 0.981. The smallest absolute Gasteiger partial charge is 0.211 e. The van der Waals surface area contributed by atoms with Crippen molar-refractivity contribution in [2.75, 3.05) is 0 Å². The number of nitrogens with zero attached hydrogens (tertiary/aromatic N) is 3. The molecular formula is C14H17N3S. The normalized spacial score (nSPS) is 17.4. The number of aromatic nitrogens is 1. The highest BCUT2D eigenvalue weighted by Gasteiger charge is 2.06. The maximum Gasteiger partial charge on any atom is 0.211 e. The van der Waals surface area contributed by atoms with Crippen molar-refractivity contribution in [3.05, 3.63) is 29.1 Å². The Morgan fingerprint density at radius 2 is 1.83 bits per heavy atom. The second kappa shape index (κ2) is 5.06. The lowest BCUT2D eigenvalue weighted by molar-refractivity contribution is 0.663. The molecule has 18 heavy (non-hydrogen) atoms. The lowest BCUT2D eigenvalue weighted by Gasteiger charge is -2.09. The molecular weight excluding hydrogens is 242 g/mol. The van der Waals surface area contributed by atoms with Crippen LogP contribution in [0, 0.1) is 0 Å². The first kappa shape index (κ1) is 11.7. The van der Waals surface area contributed by atoms with E-state index in [1.807, 2.05) is 0 Å². The number of aryl methyl sites for hydroxylation is 1. The van der Waals surface area contributed by atoms with E-state index in [2.05, 4.69) is 46.1 Å². The molecule has 0 aliphatic heterocycles. The van der Waals surface area contributed by atoms with E-state index in [1.165, 1.54) is 35.2 Å². The third kappa shape index (κ3) is 2.25. The summed E-state index contributed by atoms with van der Waals surface area (Å²) >= 11 is 1.70. The van der Waals surface area contributed by atoms with Gasteiger partial charge in [0.2, 0.25) is 4.80 Å². The Kier molecular flexibility index (Phi) is 3.28. The number of fused-ring (bicyclic) bond motifs is 1. The zero-order valence-corrected chi connectivity index (χ0v) is 11.4. The van der Waals surface area contributed by atoms with Gasteiger partial charge < -0.3 is 4.57 Å². The highest BCUT2D eigenvalue weighted by molar-refractivity contribution is 7.16. The standard InChI is InChI=1S/C14H17N3S/c1-17-12-9-5-6-10-13(12)18-14(17)16-15-11-7-3-2-4-8-11/h5-6,9-10H,2-4,7-8H2,1H3/b16-14-. The van der Waals surface area contributed by atoms with Gasteiger partial charge in [0.1, 0.15) is 0 Å². The largest absolute Gasteiger partial charge is 0.318 e. The van der Waals surface area contributed by atoms with Crippen LogP contribution in [0.15, 0.2) is 34.5 Å². The summed E-state index contributed by atoms with van der Waals surface area (Å²) in [5.41, 5.74) is 2.49. The van der Waals surface area contributed by atoms with E-state index in [0.717, 1.165) is 17.6 Å². The van der Waals surface area contributed by atoms with E-state index in [9.17, 15) is 0 Å². The molecule has 1 heterocycles. The van der Waals surface area contributed by atoms with Gasteiger partial charge in [0, 0.05) is 12.8 Å². The van der Waals surface area contributed by atoms with Crippen molar-refractivity contribution >= 4 is 27.3 Å². The molecule has 1 aromatic heterocycles. The van der Waals surface area contributed by atoms with Gasteiger partial charge in [-0.2, -0.15) is 5.10 Å². The van der Waals surface area contributed by atoms with Crippen LogP contribution in [-0.4, -0.2) is 10.3 Å². The van der Waals surface area contributed by atoms with Gasteiger partial charge in [0.05, 0.1) is 10.2 Å². The van der Waals surface area contributed by atoms with E-state index in [1.54, 1.807) is 11.3 Å². The monoisotopic (exact) mass is 259 g/mol. The van der Waals surface area contributed by atoms with Gasteiger partial charge in [-0.05, 0) is 37.8 Å². The molecule has 94 valence electrons. The van der Waals surface area contributed by atoms with Crippen molar-refractivity contribution in [2.45, 2.75) is 32.1 Å². The van der Waals surface area contributed by atoms with Crippen LogP contribution in [0.3, 0.4) is 0 Å². The van der Waals surface area contributed by atoms with Crippen molar-refractivity contribution in [3.63, 3.8) is 0 Å². The number of para-hydroxylation sites is 1. The van der Waals surface area contributed by atoms with Crippen LogP contribution < -0.4 is 4.80 Å². The van der Waals surface area contributed by atoms with Crippen molar-refractivity contribution in [2.24, 2.45) is 17.3 Å². The highest BCUT2D eigenvalue weighted by Crippen LogP contribution is 2.16. The molecule has 3 rings (SSSR count). The molecule has 1 aromatic carbocycles. The number of hydrogen-bond acceptors (Lipinski definition) is 3. The lowest BCUT2D eigenvalue weighted by Crippen LogP contribution is -2.10. The van der Waals surface area contributed by atoms with Gasteiger partial charge in [0.25, 0.3) is 0 Å². The predicted molar refractivity (Wildman–Crippen MR) is 76.9 cm³/mol. The number of rotatable bonds is 1. The molecule has 0 amide bonds. The molecule has 0 unspecified atom stereocenters. The highest BCUT2D eigenvalue weighted by atomic mass is 32.1. The van der Waals surface area contributed by atoms with Gasteiger partial charge in [-0.15, -0.1) is 5.10 Å². The molecule has 1 saturated carbocycles. The van der Waals surface area contributed by atoms with Gasteiger partial charge >= 0.3 is 0 Å². The molecule has 0 saturated heterocycles. The average molecular weight is 259 g/mol. The molecule has 1 aliphatic carbocycles. The fraction of sp³-hybridized carbons (Fsp3) is 0.429. The molecule has 2 aromatic rings. The summed E-state index contributed by atoms with van der Waals surface area (Å²) in [6, 6.07) is 8.38. The summed E-state index contributed by atoms with van der Waals surface area (Å²) in [5.74, 6) is 0. The Morgan fingerprint density at radius 3 is 2.61 bits per heavy atom. The van der Waals surface area contributed by atoms with Gasteiger partial charge in [-0.3, -0.25) is 0 Å². The summed E-state index contributed by atoms with van der Waals surface area (Å²) in [6.07, 6.45) is 6.13. The van der Waals surface area contributed by atoms with Crippen molar-refractivity contribution < 1.29 is 0 Å². The summed E-state index contributed by atoms with van der Waals surface area (Å²) < 4.78 is 3.38. The van der Waals surface area contributed by atoms with Crippen LogP contribution in [-0.2, 0) is 7.05 Å². The second-order valence-electron chi connectivity index (χ2n) is 4.74. The van der Waals surface area contributed by atoms with Crippen LogP contribution in [0.2, 0.25) is 0 Å². The van der Waals surface area contributed by atoms with Crippen molar-refractivity contribution in [1.82, 2.24) is 4.57 Å². The number of thiazole rings is 1. The van der Waals surface area contributed by atoms with E-state index in [-0.39, 0.29) is 0 Å².